The molecule has 0 saturated carbocycles. The van der Waals surface area contributed by atoms with Crippen LogP contribution in [0.3, 0.4) is 0 Å². The molecule has 1 amide bonds. The number of hydrogen-bond acceptors (Lipinski definition) is 3. The van der Waals surface area contributed by atoms with E-state index in [2.05, 4.69) is 11.3 Å². The van der Waals surface area contributed by atoms with E-state index in [-0.39, 0.29) is 25.3 Å². The Labute approximate surface area is 114 Å². The van der Waals surface area contributed by atoms with Gasteiger partial charge in [0.1, 0.15) is 5.75 Å². The molecule has 0 saturated heterocycles. The normalized spacial score (nSPS) is 11.0. The van der Waals surface area contributed by atoms with Gasteiger partial charge in [0, 0.05) is 18.7 Å². The Balaban J connectivity index is 2.81. The zero-order valence-electron chi connectivity index (χ0n) is 10.6. The number of alkyl halides is 3. The van der Waals surface area contributed by atoms with Crippen molar-refractivity contribution in [1.82, 2.24) is 4.90 Å². The van der Waals surface area contributed by atoms with Crippen LogP contribution in [-0.4, -0.2) is 42.0 Å². The number of halogens is 3. The number of carbonyl (C=O) groups is 1. The Morgan fingerprint density at radius 2 is 1.95 bits per heavy atom. The van der Waals surface area contributed by atoms with Crippen molar-refractivity contribution in [3.05, 3.63) is 42.5 Å². The first kappa shape index (κ1) is 16.0. The molecule has 0 unspecified atom stereocenters. The summed E-state index contributed by atoms with van der Waals surface area (Å²) in [6.45, 7) is 3.63. The SMILES string of the molecule is C=CCN(CCO)C(=O)c1ccc(OC(F)(F)F)cc1. The highest BCUT2D eigenvalue weighted by molar-refractivity contribution is 5.94. The molecule has 20 heavy (non-hydrogen) atoms. The minimum Gasteiger partial charge on any atom is -0.406 e. The first-order valence-corrected chi connectivity index (χ1v) is 5.74. The number of amides is 1. The summed E-state index contributed by atoms with van der Waals surface area (Å²) in [5.74, 6) is -0.802. The van der Waals surface area contributed by atoms with Gasteiger partial charge in [-0.15, -0.1) is 19.8 Å². The summed E-state index contributed by atoms with van der Waals surface area (Å²) in [5, 5.41) is 8.86. The molecule has 0 fully saturated rings. The van der Waals surface area contributed by atoms with Crippen LogP contribution < -0.4 is 4.74 Å². The van der Waals surface area contributed by atoms with Crippen LogP contribution in [0.1, 0.15) is 10.4 Å². The van der Waals surface area contributed by atoms with Crippen LogP contribution in [0.5, 0.6) is 5.75 Å². The third-order valence-electron chi connectivity index (χ3n) is 2.34. The highest BCUT2D eigenvalue weighted by Gasteiger charge is 2.31. The molecule has 4 nitrogen and oxygen atoms in total. The monoisotopic (exact) mass is 289 g/mol. The minimum atomic E-state index is -4.77. The van der Waals surface area contributed by atoms with E-state index >= 15 is 0 Å². The van der Waals surface area contributed by atoms with Crippen LogP contribution in [-0.2, 0) is 0 Å². The molecule has 7 heteroatoms. The zero-order chi connectivity index (χ0) is 15.2. The second-order valence-corrected chi connectivity index (χ2v) is 3.84. The average molecular weight is 289 g/mol. The first-order valence-electron chi connectivity index (χ1n) is 5.74. The molecule has 0 atom stereocenters. The fraction of sp³-hybridized carbons (Fsp3) is 0.308. The smallest absolute Gasteiger partial charge is 0.406 e. The second-order valence-electron chi connectivity index (χ2n) is 3.84. The third kappa shape index (κ3) is 4.93. The van der Waals surface area contributed by atoms with Gasteiger partial charge in [0.25, 0.3) is 5.91 Å². The van der Waals surface area contributed by atoms with Gasteiger partial charge in [0.05, 0.1) is 6.61 Å². The number of nitrogens with zero attached hydrogens (tertiary/aromatic N) is 1. The maximum absolute atomic E-state index is 12.0. The van der Waals surface area contributed by atoms with Gasteiger partial charge in [0.2, 0.25) is 0 Å². The molecule has 1 rings (SSSR count). The molecular formula is C13H14F3NO3. The third-order valence-corrected chi connectivity index (χ3v) is 2.34. The number of hydrogen-bond donors (Lipinski definition) is 1. The largest absolute Gasteiger partial charge is 0.573 e. The Morgan fingerprint density at radius 1 is 1.35 bits per heavy atom. The molecule has 1 aromatic carbocycles. The van der Waals surface area contributed by atoms with Crippen LogP contribution in [0.2, 0.25) is 0 Å². The lowest BCUT2D eigenvalue weighted by Crippen LogP contribution is -2.33. The number of ether oxygens (including phenoxy) is 1. The molecule has 0 radical (unpaired) electrons. The van der Waals surface area contributed by atoms with Crippen molar-refractivity contribution in [2.45, 2.75) is 6.36 Å². The van der Waals surface area contributed by atoms with E-state index in [1.165, 1.54) is 23.1 Å². The maximum atomic E-state index is 12.0. The summed E-state index contributed by atoms with van der Waals surface area (Å²) in [6, 6.07) is 4.59. The lowest BCUT2D eigenvalue weighted by molar-refractivity contribution is -0.274. The van der Waals surface area contributed by atoms with E-state index in [4.69, 9.17) is 5.11 Å². The molecule has 0 heterocycles. The van der Waals surface area contributed by atoms with Crippen LogP contribution in [0.15, 0.2) is 36.9 Å². The maximum Gasteiger partial charge on any atom is 0.573 e. The number of benzene rings is 1. The standard InChI is InChI=1S/C13H14F3NO3/c1-2-7-17(8-9-18)12(19)10-3-5-11(6-4-10)20-13(14,15)16/h2-6,18H,1,7-9H2. The number of rotatable bonds is 6. The molecule has 0 aliphatic carbocycles. The number of aliphatic hydroxyl groups is 1. The molecule has 110 valence electrons. The van der Waals surface area contributed by atoms with Crippen molar-refractivity contribution in [1.29, 1.82) is 0 Å². The Hall–Kier alpha value is -2.02. The van der Waals surface area contributed by atoms with Gasteiger partial charge in [-0.25, -0.2) is 0 Å². The van der Waals surface area contributed by atoms with Crippen LogP contribution in [0.4, 0.5) is 13.2 Å². The quantitative estimate of drug-likeness (QED) is 0.817. The van der Waals surface area contributed by atoms with Crippen molar-refractivity contribution in [2.75, 3.05) is 19.7 Å². The predicted molar refractivity (Wildman–Crippen MR) is 66.3 cm³/mol. The zero-order valence-corrected chi connectivity index (χ0v) is 10.6. The number of carbonyl (C=O) groups excluding carboxylic acids is 1. The number of aliphatic hydroxyl groups excluding tert-OH is 1. The van der Waals surface area contributed by atoms with E-state index in [1.807, 2.05) is 0 Å². The fourth-order valence-electron chi connectivity index (χ4n) is 1.53. The van der Waals surface area contributed by atoms with Crippen molar-refractivity contribution in [3.63, 3.8) is 0 Å². The molecule has 0 bridgehead atoms. The summed E-state index contributed by atoms with van der Waals surface area (Å²) in [4.78, 5) is 13.4. The van der Waals surface area contributed by atoms with Gasteiger partial charge in [-0.2, -0.15) is 0 Å². The highest BCUT2D eigenvalue weighted by atomic mass is 19.4. The van der Waals surface area contributed by atoms with Crippen molar-refractivity contribution in [2.24, 2.45) is 0 Å². The predicted octanol–water partition coefficient (Wildman–Crippen LogP) is 2.21. The Bertz CT molecular complexity index is 457. The first-order chi connectivity index (χ1) is 9.37. The van der Waals surface area contributed by atoms with Crippen molar-refractivity contribution >= 4 is 5.91 Å². The fourth-order valence-corrected chi connectivity index (χ4v) is 1.53. The lowest BCUT2D eigenvalue weighted by atomic mass is 10.2. The summed E-state index contributed by atoms with van der Waals surface area (Å²) in [6.07, 6.45) is -3.27. The Morgan fingerprint density at radius 3 is 2.40 bits per heavy atom. The van der Waals surface area contributed by atoms with Gasteiger partial charge < -0.3 is 14.7 Å². The molecular weight excluding hydrogens is 275 g/mol. The van der Waals surface area contributed by atoms with E-state index in [1.54, 1.807) is 0 Å². The van der Waals surface area contributed by atoms with Gasteiger partial charge in [-0.05, 0) is 24.3 Å². The summed E-state index contributed by atoms with van der Waals surface area (Å²) >= 11 is 0. The molecule has 0 aromatic heterocycles. The molecule has 1 N–H and O–H groups in total. The Kier molecular flexibility index (Phi) is 5.57. The summed E-state index contributed by atoms with van der Waals surface area (Å²) in [5.41, 5.74) is 0.204. The highest BCUT2D eigenvalue weighted by Crippen LogP contribution is 2.23. The minimum absolute atomic E-state index is 0.117. The van der Waals surface area contributed by atoms with Gasteiger partial charge in [-0.1, -0.05) is 6.08 Å². The topological polar surface area (TPSA) is 49.8 Å². The molecule has 0 spiro atoms. The van der Waals surface area contributed by atoms with Crippen LogP contribution in [0, 0.1) is 0 Å². The van der Waals surface area contributed by atoms with Gasteiger partial charge in [0.15, 0.2) is 0 Å². The van der Waals surface area contributed by atoms with Crippen LogP contribution >= 0.6 is 0 Å². The van der Waals surface area contributed by atoms with Crippen molar-refractivity contribution in [3.8, 4) is 5.75 Å². The molecule has 0 aliphatic heterocycles. The van der Waals surface area contributed by atoms with E-state index in [0.717, 1.165) is 12.1 Å². The summed E-state index contributed by atoms with van der Waals surface area (Å²) in [7, 11) is 0. The second kappa shape index (κ2) is 6.95. The van der Waals surface area contributed by atoms with Crippen molar-refractivity contribution < 1.29 is 27.8 Å². The molecule has 0 aliphatic rings. The average Bonchev–Trinajstić information content (AvgIpc) is 2.37. The van der Waals surface area contributed by atoms with Crippen LogP contribution in [0.25, 0.3) is 0 Å². The summed E-state index contributed by atoms with van der Waals surface area (Å²) < 4.78 is 39.7. The van der Waals surface area contributed by atoms with E-state index in [0.29, 0.717) is 0 Å². The van der Waals surface area contributed by atoms with Gasteiger partial charge >= 0.3 is 6.36 Å². The lowest BCUT2D eigenvalue weighted by Gasteiger charge is -2.20. The van der Waals surface area contributed by atoms with E-state index < -0.39 is 18.0 Å². The molecule has 1 aromatic rings. The van der Waals surface area contributed by atoms with E-state index in [9.17, 15) is 18.0 Å². The van der Waals surface area contributed by atoms with Gasteiger partial charge in [-0.3, -0.25) is 4.79 Å².